The van der Waals surface area contributed by atoms with Crippen molar-refractivity contribution in [3.8, 4) is 0 Å². The van der Waals surface area contributed by atoms with E-state index < -0.39 is 32.5 Å². The minimum absolute atomic E-state index is 0.0367. The smallest absolute Gasteiger partial charge is 0.462 e. The van der Waals surface area contributed by atoms with Crippen LogP contribution >= 0.6 is 7.82 Å². The van der Waals surface area contributed by atoms with E-state index in [0.717, 1.165) is 122 Å². The molecule has 0 saturated carbocycles. The first-order chi connectivity index (χ1) is 37.8. The Morgan fingerprint density at radius 2 is 0.688 bits per heavy atom. The Morgan fingerprint density at radius 3 is 1.04 bits per heavy atom. The highest BCUT2D eigenvalue weighted by Gasteiger charge is 2.26. The van der Waals surface area contributed by atoms with Crippen molar-refractivity contribution in [3.63, 3.8) is 0 Å². The number of rotatable bonds is 53. The summed E-state index contributed by atoms with van der Waals surface area (Å²) < 4.78 is 32.9. The first kappa shape index (κ1) is 72.4. The number of phosphoric acid groups is 1. The molecule has 77 heavy (non-hydrogen) atoms. The minimum Gasteiger partial charge on any atom is -0.462 e. The third kappa shape index (κ3) is 60.5. The molecule has 0 fully saturated rings. The van der Waals surface area contributed by atoms with E-state index in [9.17, 15) is 19.0 Å². The van der Waals surface area contributed by atoms with Crippen LogP contribution in [0, 0.1) is 0 Å². The fourth-order valence-electron chi connectivity index (χ4n) is 7.31. The summed E-state index contributed by atoms with van der Waals surface area (Å²) in [5.41, 5.74) is 5.37. The van der Waals surface area contributed by atoms with Gasteiger partial charge in [-0.25, -0.2) is 4.57 Å². The highest BCUT2D eigenvalue weighted by atomic mass is 31.2. The SMILES string of the molecule is CC/C=C\C/C=C\C/C=C\C/C=C\C/C=C\C/C=C\C/C=C\C/C=C\C/C=C\CCCCCCCCCCCCCC(=O)OC(COC(=O)CCC/C=C\C/C=C\C/C=C\C/C=C\C/C=C\CC)COP(=O)(O)OCCN. The minimum atomic E-state index is -4.41. The largest absolute Gasteiger partial charge is 0.472 e. The predicted octanol–water partition coefficient (Wildman–Crippen LogP) is 19.1. The molecule has 0 aromatic heterocycles. The van der Waals surface area contributed by atoms with E-state index in [2.05, 4.69) is 178 Å². The van der Waals surface area contributed by atoms with Gasteiger partial charge in [-0.1, -0.05) is 242 Å². The number of carbonyl (C=O) groups is 2. The van der Waals surface area contributed by atoms with Gasteiger partial charge in [0.05, 0.1) is 13.2 Å². The molecule has 0 aliphatic carbocycles. The van der Waals surface area contributed by atoms with E-state index in [1.165, 1.54) is 44.9 Å². The van der Waals surface area contributed by atoms with E-state index in [0.29, 0.717) is 12.8 Å². The predicted molar refractivity (Wildman–Crippen MR) is 329 cm³/mol. The van der Waals surface area contributed by atoms with E-state index in [-0.39, 0.29) is 32.6 Å². The number of unbranched alkanes of at least 4 members (excludes halogenated alkanes) is 12. The summed E-state index contributed by atoms with van der Waals surface area (Å²) in [5, 5.41) is 0. The van der Waals surface area contributed by atoms with Crippen LogP contribution in [0.4, 0.5) is 0 Å². The second-order valence-corrected chi connectivity index (χ2v) is 20.2. The molecule has 3 N–H and O–H groups in total. The van der Waals surface area contributed by atoms with Gasteiger partial charge in [0.2, 0.25) is 0 Å². The van der Waals surface area contributed by atoms with Crippen molar-refractivity contribution < 1.29 is 37.6 Å². The van der Waals surface area contributed by atoms with Crippen molar-refractivity contribution in [2.45, 2.75) is 213 Å². The van der Waals surface area contributed by atoms with Crippen LogP contribution < -0.4 is 5.73 Å². The molecule has 2 unspecified atom stereocenters. The van der Waals surface area contributed by atoms with Crippen molar-refractivity contribution in [1.29, 1.82) is 0 Å². The Hall–Kier alpha value is -4.63. The van der Waals surface area contributed by atoms with Crippen LogP contribution in [0.3, 0.4) is 0 Å². The van der Waals surface area contributed by atoms with Gasteiger partial charge < -0.3 is 20.1 Å². The third-order valence-corrected chi connectivity index (χ3v) is 12.6. The van der Waals surface area contributed by atoms with Crippen LogP contribution in [-0.2, 0) is 32.7 Å². The standard InChI is InChI=1S/C67H106NO8P/c1-3-5-7-9-11-13-15-17-19-21-22-23-24-25-26-27-28-29-30-31-32-33-34-35-36-37-38-39-40-41-42-44-46-48-50-52-54-56-58-60-67(70)76-65(64-75-77(71,72)74-62-61-68)63-73-66(69)59-57-55-53-51-49-47-45-43-20-18-16-14-12-10-8-6-4-2/h5-8,11-14,17-20,22-23,25-26,28-29,31-32,34-35,37-38,45,47,51,53,65H,3-4,9-10,15-16,21,24,27,30,33,36,39-44,46,48-50,52,54-64,68H2,1-2H3,(H,71,72)/b7-5-,8-6-,13-11-,14-12-,19-17-,20-18-,23-22-,26-25-,29-28-,32-31-,35-34-,38-37-,47-45-,53-51-. The van der Waals surface area contributed by atoms with Crippen molar-refractivity contribution >= 4 is 19.8 Å². The molecule has 0 amide bonds. The molecule has 0 aliphatic rings. The molecule has 0 aliphatic heterocycles. The third-order valence-electron chi connectivity index (χ3n) is 11.6. The average Bonchev–Trinajstić information content (AvgIpc) is 3.42. The Bertz CT molecular complexity index is 1860. The highest BCUT2D eigenvalue weighted by molar-refractivity contribution is 7.47. The lowest BCUT2D eigenvalue weighted by molar-refractivity contribution is -0.161. The molecular formula is C67H106NO8P. The maximum Gasteiger partial charge on any atom is 0.472 e. The number of ether oxygens (including phenoxy) is 2. The van der Waals surface area contributed by atoms with Crippen LogP contribution in [0.15, 0.2) is 170 Å². The molecule has 432 valence electrons. The van der Waals surface area contributed by atoms with Crippen molar-refractivity contribution in [3.05, 3.63) is 170 Å². The fraction of sp³-hybridized carbons (Fsp3) is 0.552. The molecule has 0 radical (unpaired) electrons. The zero-order valence-electron chi connectivity index (χ0n) is 48.1. The summed E-state index contributed by atoms with van der Waals surface area (Å²) in [7, 11) is -4.41. The van der Waals surface area contributed by atoms with Crippen LogP contribution in [0.25, 0.3) is 0 Å². The number of allylic oxidation sites excluding steroid dienone is 28. The fourth-order valence-corrected chi connectivity index (χ4v) is 8.08. The van der Waals surface area contributed by atoms with Gasteiger partial charge in [0.25, 0.3) is 0 Å². The summed E-state index contributed by atoms with van der Waals surface area (Å²) in [5.74, 6) is -0.913. The lowest BCUT2D eigenvalue weighted by Crippen LogP contribution is -2.29. The molecule has 9 nitrogen and oxygen atoms in total. The maximum atomic E-state index is 12.7. The first-order valence-electron chi connectivity index (χ1n) is 29.6. The van der Waals surface area contributed by atoms with E-state index in [1.807, 2.05) is 6.08 Å². The topological polar surface area (TPSA) is 134 Å². The number of nitrogens with two attached hydrogens (primary N) is 1. The summed E-state index contributed by atoms with van der Waals surface area (Å²) in [6.07, 6.45) is 90.0. The molecular weight excluding hydrogens is 978 g/mol. The van der Waals surface area contributed by atoms with Gasteiger partial charge in [-0.15, -0.1) is 0 Å². The van der Waals surface area contributed by atoms with Gasteiger partial charge >= 0.3 is 19.8 Å². The lowest BCUT2D eigenvalue weighted by atomic mass is 10.0. The molecule has 0 spiro atoms. The van der Waals surface area contributed by atoms with E-state index in [4.69, 9.17) is 24.3 Å². The Balaban J connectivity index is 4.02. The van der Waals surface area contributed by atoms with Gasteiger partial charge in [-0.05, 0) is 122 Å². The Morgan fingerprint density at radius 1 is 0.390 bits per heavy atom. The number of hydrogen-bond acceptors (Lipinski definition) is 8. The number of hydrogen-bond donors (Lipinski definition) is 2. The van der Waals surface area contributed by atoms with Crippen LogP contribution in [-0.4, -0.2) is 49.3 Å². The highest BCUT2D eigenvalue weighted by Crippen LogP contribution is 2.43. The Labute approximate surface area is 470 Å². The number of esters is 2. The van der Waals surface area contributed by atoms with Gasteiger partial charge in [0.1, 0.15) is 6.61 Å². The van der Waals surface area contributed by atoms with Gasteiger partial charge in [-0.3, -0.25) is 18.6 Å². The maximum absolute atomic E-state index is 12.7. The molecule has 0 rings (SSSR count). The van der Waals surface area contributed by atoms with Crippen LogP contribution in [0.5, 0.6) is 0 Å². The molecule has 2 atom stereocenters. The van der Waals surface area contributed by atoms with Gasteiger partial charge in [-0.2, -0.15) is 0 Å². The van der Waals surface area contributed by atoms with E-state index >= 15 is 0 Å². The lowest BCUT2D eigenvalue weighted by Gasteiger charge is -2.19. The quantitative estimate of drug-likeness (QED) is 0.0264. The molecule has 0 aromatic carbocycles. The zero-order chi connectivity index (χ0) is 55.9. The molecule has 0 bridgehead atoms. The second kappa shape index (κ2) is 60.6. The zero-order valence-corrected chi connectivity index (χ0v) is 49.0. The Kier molecular flexibility index (Phi) is 57.0. The normalized spacial score (nSPS) is 14.3. The van der Waals surface area contributed by atoms with Crippen molar-refractivity contribution in [2.75, 3.05) is 26.4 Å². The van der Waals surface area contributed by atoms with Gasteiger partial charge in [0, 0.05) is 19.4 Å². The number of phosphoric ester groups is 1. The van der Waals surface area contributed by atoms with Crippen molar-refractivity contribution in [2.24, 2.45) is 5.73 Å². The van der Waals surface area contributed by atoms with Crippen LogP contribution in [0.1, 0.15) is 206 Å². The van der Waals surface area contributed by atoms with Crippen LogP contribution in [0.2, 0.25) is 0 Å². The summed E-state index contributed by atoms with van der Waals surface area (Å²) in [6.45, 7) is 3.42. The summed E-state index contributed by atoms with van der Waals surface area (Å²) in [6, 6.07) is 0. The van der Waals surface area contributed by atoms with Gasteiger partial charge in [0.15, 0.2) is 6.10 Å². The second-order valence-electron chi connectivity index (χ2n) is 18.7. The summed E-state index contributed by atoms with van der Waals surface area (Å²) >= 11 is 0. The van der Waals surface area contributed by atoms with E-state index in [1.54, 1.807) is 0 Å². The monoisotopic (exact) mass is 1080 g/mol. The first-order valence-corrected chi connectivity index (χ1v) is 31.1. The number of carbonyl (C=O) groups excluding carboxylic acids is 2. The summed E-state index contributed by atoms with van der Waals surface area (Å²) in [4.78, 5) is 35.1. The average molecular weight is 1080 g/mol. The molecule has 0 aromatic rings. The van der Waals surface area contributed by atoms with Crippen molar-refractivity contribution in [1.82, 2.24) is 0 Å². The molecule has 0 saturated heterocycles. The molecule has 0 heterocycles. The molecule has 10 heteroatoms.